The number of sulfonamides is 1. The summed E-state index contributed by atoms with van der Waals surface area (Å²) in [6, 6.07) is 8.33. The molecule has 0 aliphatic carbocycles. The Morgan fingerprint density at radius 3 is 2.69 bits per heavy atom. The molecule has 0 aliphatic rings. The Balaban J connectivity index is 1.81. The van der Waals surface area contributed by atoms with Crippen molar-refractivity contribution in [2.75, 3.05) is 6.54 Å². The van der Waals surface area contributed by atoms with E-state index in [-0.39, 0.29) is 18.7 Å². The highest BCUT2D eigenvalue weighted by Crippen LogP contribution is 2.19. The molecule has 0 atom stereocenters. The monoisotopic (exact) mass is 397 g/mol. The van der Waals surface area contributed by atoms with Crippen molar-refractivity contribution in [1.29, 1.82) is 0 Å². The Labute approximate surface area is 154 Å². The average Bonchev–Trinajstić information content (AvgIpc) is 3.28. The average molecular weight is 397 g/mol. The van der Waals surface area contributed by atoms with E-state index >= 15 is 0 Å². The number of halogens is 2. The lowest BCUT2D eigenvalue weighted by molar-refractivity contribution is 0.407. The van der Waals surface area contributed by atoms with Crippen LogP contribution in [0.4, 0.5) is 8.78 Å². The summed E-state index contributed by atoms with van der Waals surface area (Å²) < 4.78 is 59.3. The third kappa shape index (κ3) is 4.78. The zero-order valence-corrected chi connectivity index (χ0v) is 15.4. The van der Waals surface area contributed by atoms with E-state index < -0.39 is 27.4 Å². The Morgan fingerprint density at radius 1 is 1.15 bits per heavy atom. The summed E-state index contributed by atoms with van der Waals surface area (Å²) in [7, 11) is -3.85. The van der Waals surface area contributed by atoms with Gasteiger partial charge in [0.05, 0.1) is 18.3 Å². The molecular formula is C18H17F2NO3S2. The van der Waals surface area contributed by atoms with Crippen LogP contribution in [0.1, 0.15) is 16.0 Å². The second-order valence-corrected chi connectivity index (χ2v) is 8.79. The molecule has 0 saturated carbocycles. The molecule has 26 heavy (non-hydrogen) atoms. The van der Waals surface area contributed by atoms with Crippen LogP contribution in [0, 0.1) is 11.6 Å². The van der Waals surface area contributed by atoms with Crippen molar-refractivity contribution in [2.45, 2.75) is 18.7 Å². The first-order valence-corrected chi connectivity index (χ1v) is 10.4. The molecule has 1 aromatic carbocycles. The topological polar surface area (TPSA) is 50.5 Å². The first kappa shape index (κ1) is 18.8. The molecule has 2 aromatic heterocycles. The van der Waals surface area contributed by atoms with Gasteiger partial charge in [0.15, 0.2) is 0 Å². The lowest BCUT2D eigenvalue weighted by Crippen LogP contribution is -2.33. The Hall–Kier alpha value is -2.03. The molecule has 0 unspecified atom stereocenters. The van der Waals surface area contributed by atoms with E-state index in [0.29, 0.717) is 12.0 Å². The fourth-order valence-corrected chi connectivity index (χ4v) is 4.74. The first-order valence-electron chi connectivity index (χ1n) is 7.89. The molecule has 0 saturated heterocycles. The minimum atomic E-state index is -3.85. The molecule has 0 aliphatic heterocycles. The number of rotatable bonds is 8. The SMILES string of the molecule is O=S(=O)(Cc1cc(F)ccc1F)N(CCc1cccs1)Cc1ccoc1. The number of hydrogen-bond donors (Lipinski definition) is 0. The predicted octanol–water partition coefficient (Wildman–Crippen LogP) is 4.19. The number of thiophene rings is 1. The lowest BCUT2D eigenvalue weighted by Gasteiger charge is -2.21. The van der Waals surface area contributed by atoms with Gasteiger partial charge in [0.2, 0.25) is 10.0 Å². The van der Waals surface area contributed by atoms with Crippen molar-refractivity contribution < 1.29 is 21.6 Å². The smallest absolute Gasteiger partial charge is 0.218 e. The molecular weight excluding hydrogens is 380 g/mol. The molecule has 0 fully saturated rings. The van der Waals surface area contributed by atoms with Crippen LogP contribution in [0.2, 0.25) is 0 Å². The standard InChI is InChI=1S/C18H17F2NO3S2/c19-16-3-4-18(20)15(10-16)13-26(22,23)21(11-14-6-8-24-12-14)7-5-17-2-1-9-25-17/h1-4,6,8-10,12H,5,7,11,13H2. The quantitative estimate of drug-likeness (QED) is 0.573. The van der Waals surface area contributed by atoms with E-state index in [1.165, 1.54) is 16.8 Å². The van der Waals surface area contributed by atoms with Crippen LogP contribution in [-0.4, -0.2) is 19.3 Å². The van der Waals surface area contributed by atoms with Crippen LogP contribution in [0.25, 0.3) is 0 Å². The highest BCUT2D eigenvalue weighted by molar-refractivity contribution is 7.88. The Morgan fingerprint density at radius 2 is 2.00 bits per heavy atom. The molecule has 0 bridgehead atoms. The maximum absolute atomic E-state index is 13.9. The van der Waals surface area contributed by atoms with Gasteiger partial charge < -0.3 is 4.42 Å². The Kier molecular flexibility index (Phi) is 5.85. The van der Waals surface area contributed by atoms with Gasteiger partial charge in [0.1, 0.15) is 11.6 Å². The lowest BCUT2D eigenvalue weighted by atomic mass is 10.2. The second-order valence-electron chi connectivity index (χ2n) is 5.79. The number of hydrogen-bond acceptors (Lipinski definition) is 4. The highest BCUT2D eigenvalue weighted by Gasteiger charge is 2.25. The number of benzene rings is 1. The van der Waals surface area contributed by atoms with E-state index in [1.54, 1.807) is 17.4 Å². The molecule has 4 nitrogen and oxygen atoms in total. The summed E-state index contributed by atoms with van der Waals surface area (Å²) >= 11 is 1.54. The summed E-state index contributed by atoms with van der Waals surface area (Å²) in [4.78, 5) is 1.05. The van der Waals surface area contributed by atoms with Crippen molar-refractivity contribution in [3.8, 4) is 0 Å². The van der Waals surface area contributed by atoms with E-state index in [2.05, 4.69) is 0 Å². The largest absolute Gasteiger partial charge is 0.472 e. The van der Waals surface area contributed by atoms with E-state index in [1.807, 2.05) is 17.5 Å². The third-order valence-electron chi connectivity index (χ3n) is 3.87. The zero-order chi connectivity index (χ0) is 18.6. The van der Waals surface area contributed by atoms with Crippen LogP contribution in [0.3, 0.4) is 0 Å². The first-order chi connectivity index (χ1) is 12.4. The van der Waals surface area contributed by atoms with Gasteiger partial charge in [-0.2, -0.15) is 4.31 Å². The van der Waals surface area contributed by atoms with Gasteiger partial charge in [-0.05, 0) is 42.1 Å². The van der Waals surface area contributed by atoms with Gasteiger partial charge >= 0.3 is 0 Å². The van der Waals surface area contributed by atoms with Crippen molar-refractivity contribution in [1.82, 2.24) is 4.31 Å². The minimum absolute atomic E-state index is 0.112. The fraction of sp³-hybridized carbons (Fsp3) is 0.222. The van der Waals surface area contributed by atoms with Crippen molar-refractivity contribution in [3.05, 3.63) is 81.9 Å². The third-order valence-corrected chi connectivity index (χ3v) is 6.58. The second kappa shape index (κ2) is 8.11. The summed E-state index contributed by atoms with van der Waals surface area (Å²) in [5.74, 6) is -2.01. The van der Waals surface area contributed by atoms with Crippen LogP contribution >= 0.6 is 11.3 Å². The summed E-state index contributed by atoms with van der Waals surface area (Å²) in [5.41, 5.74) is 0.512. The number of nitrogens with zero attached hydrogens (tertiary/aromatic N) is 1. The van der Waals surface area contributed by atoms with Crippen LogP contribution in [0.5, 0.6) is 0 Å². The summed E-state index contributed by atoms with van der Waals surface area (Å²) in [6.07, 6.45) is 3.47. The molecule has 0 N–H and O–H groups in total. The van der Waals surface area contributed by atoms with Crippen molar-refractivity contribution >= 4 is 21.4 Å². The Bertz CT molecular complexity index is 939. The molecule has 0 spiro atoms. The van der Waals surface area contributed by atoms with E-state index in [4.69, 9.17) is 4.42 Å². The van der Waals surface area contributed by atoms with Crippen LogP contribution in [-0.2, 0) is 28.7 Å². The molecule has 138 valence electrons. The van der Waals surface area contributed by atoms with Crippen molar-refractivity contribution in [2.24, 2.45) is 0 Å². The van der Waals surface area contributed by atoms with E-state index in [9.17, 15) is 17.2 Å². The highest BCUT2D eigenvalue weighted by atomic mass is 32.2. The summed E-state index contributed by atoms with van der Waals surface area (Å²) in [6.45, 7) is 0.353. The van der Waals surface area contributed by atoms with Crippen molar-refractivity contribution in [3.63, 3.8) is 0 Å². The van der Waals surface area contributed by atoms with Gasteiger partial charge in [-0.3, -0.25) is 0 Å². The van der Waals surface area contributed by atoms with Crippen LogP contribution in [0.15, 0.2) is 58.7 Å². The minimum Gasteiger partial charge on any atom is -0.472 e. The van der Waals surface area contributed by atoms with Crippen LogP contribution < -0.4 is 0 Å². The van der Waals surface area contributed by atoms with Gasteiger partial charge in [-0.15, -0.1) is 11.3 Å². The number of furan rings is 1. The predicted molar refractivity (Wildman–Crippen MR) is 96.1 cm³/mol. The summed E-state index contributed by atoms with van der Waals surface area (Å²) in [5, 5.41) is 1.92. The molecule has 0 amide bonds. The molecule has 0 radical (unpaired) electrons. The van der Waals surface area contributed by atoms with E-state index in [0.717, 1.165) is 23.1 Å². The molecule has 3 rings (SSSR count). The van der Waals surface area contributed by atoms with Gasteiger partial charge in [-0.1, -0.05) is 6.07 Å². The fourth-order valence-electron chi connectivity index (χ4n) is 2.53. The normalized spacial score (nSPS) is 12.0. The van der Waals surface area contributed by atoms with Gasteiger partial charge in [0.25, 0.3) is 0 Å². The van der Waals surface area contributed by atoms with Gasteiger partial charge in [0, 0.05) is 29.1 Å². The molecule has 3 aromatic rings. The zero-order valence-electron chi connectivity index (χ0n) is 13.8. The maximum atomic E-state index is 13.9. The molecule has 8 heteroatoms. The maximum Gasteiger partial charge on any atom is 0.218 e. The van der Waals surface area contributed by atoms with Gasteiger partial charge in [-0.25, -0.2) is 17.2 Å². The molecule has 2 heterocycles.